The normalized spacial score (nSPS) is 16.5. The number of carboxylic acid groups (broad SMARTS) is 1. The lowest BCUT2D eigenvalue weighted by molar-refractivity contribution is -0.130. The van der Waals surface area contributed by atoms with Crippen molar-refractivity contribution < 1.29 is 45.7 Å². The Bertz CT molecular complexity index is 1750. The minimum atomic E-state index is -4.77. The van der Waals surface area contributed by atoms with Gasteiger partial charge >= 0.3 is 5.97 Å². The number of nitrogens with two attached hydrogens (primary N) is 1. The minimum absolute atomic E-state index is 0.00892. The second-order valence-corrected chi connectivity index (χ2v) is 10.4. The number of hydrazone groups is 1. The Balaban J connectivity index is 1.69. The van der Waals surface area contributed by atoms with E-state index in [0.29, 0.717) is 5.01 Å². The van der Waals surface area contributed by atoms with E-state index in [0.717, 1.165) is 30.3 Å². The van der Waals surface area contributed by atoms with Crippen molar-refractivity contribution in [1.29, 1.82) is 0 Å². The van der Waals surface area contributed by atoms with Gasteiger partial charge in [0.1, 0.15) is 10.6 Å². The van der Waals surface area contributed by atoms with Gasteiger partial charge in [-0.15, -0.1) is 0 Å². The van der Waals surface area contributed by atoms with Crippen LogP contribution in [0.1, 0.15) is 0 Å². The Morgan fingerprint density at radius 1 is 1.00 bits per heavy atom. The van der Waals surface area contributed by atoms with Gasteiger partial charge in [0.05, 0.1) is 22.0 Å². The van der Waals surface area contributed by atoms with Gasteiger partial charge in [0.2, 0.25) is 6.04 Å². The second kappa shape index (κ2) is 8.89. The largest absolute Gasteiger partial charge is 0.505 e. The quantitative estimate of drug-likeness (QED) is 0.128. The fraction of sp³-hybridized carbons (Fsp3) is 0.0500. The average Bonchev–Trinajstić information content (AvgIpc) is 3.15. The number of anilines is 2. The monoisotopic (exact) mass is 549 g/mol. The number of aromatic hydroxyl groups is 1. The van der Waals surface area contributed by atoms with Gasteiger partial charge in [0, 0.05) is 5.39 Å². The van der Waals surface area contributed by atoms with Crippen LogP contribution in [0, 0.1) is 0 Å². The zero-order valence-electron chi connectivity index (χ0n) is 18.1. The summed E-state index contributed by atoms with van der Waals surface area (Å²) in [5, 5.41) is 31.9. The van der Waals surface area contributed by atoms with Crippen LogP contribution in [0.3, 0.4) is 0 Å². The number of hydrogen-bond acceptors (Lipinski definition) is 11. The molecule has 6 N–H and O–H groups in total. The molecule has 1 heterocycles. The highest BCUT2D eigenvalue weighted by molar-refractivity contribution is 7.86. The van der Waals surface area contributed by atoms with Crippen LogP contribution in [-0.4, -0.2) is 59.8 Å². The van der Waals surface area contributed by atoms with Gasteiger partial charge in [-0.1, -0.05) is 0 Å². The van der Waals surface area contributed by atoms with Crippen molar-refractivity contribution in [1.82, 2.24) is 0 Å². The van der Waals surface area contributed by atoms with E-state index in [1.54, 1.807) is 0 Å². The zero-order chi connectivity index (χ0) is 27.3. The van der Waals surface area contributed by atoms with Gasteiger partial charge in [-0.3, -0.25) is 13.9 Å². The van der Waals surface area contributed by atoms with E-state index in [1.807, 2.05) is 0 Å². The molecule has 0 bridgehead atoms. The number of carboxylic acids is 1. The van der Waals surface area contributed by atoms with E-state index in [2.05, 4.69) is 15.3 Å². The van der Waals surface area contributed by atoms with Crippen molar-refractivity contribution in [3.05, 3.63) is 48.5 Å². The third kappa shape index (κ3) is 4.83. The Morgan fingerprint density at radius 2 is 1.65 bits per heavy atom. The molecule has 0 fully saturated rings. The number of benzene rings is 3. The first kappa shape index (κ1) is 25.6. The Morgan fingerprint density at radius 3 is 2.22 bits per heavy atom. The van der Waals surface area contributed by atoms with Crippen molar-refractivity contribution in [3.63, 3.8) is 0 Å². The molecule has 0 saturated heterocycles. The maximum atomic E-state index is 12.9. The van der Waals surface area contributed by atoms with Gasteiger partial charge in [-0.2, -0.15) is 37.2 Å². The van der Waals surface area contributed by atoms with Crippen molar-refractivity contribution >= 4 is 65.7 Å². The molecule has 1 atom stereocenters. The summed E-state index contributed by atoms with van der Waals surface area (Å²) in [6, 6.07) is 7.40. The Kier molecular flexibility index (Phi) is 6.16. The molecule has 192 valence electrons. The Labute approximate surface area is 207 Å². The number of rotatable bonds is 6. The smallest absolute Gasteiger partial charge is 0.355 e. The molecule has 1 amide bonds. The SMILES string of the molecule is Nc1c(S(=O)(=O)O)cc2cc(/N=N/C3C(=O)N(c4ccc(S(=O)(=O)O)cc4)N=C3C(=O)O)ccc2c1O. The lowest BCUT2D eigenvalue weighted by atomic mass is 10.1. The number of carbonyl (C=O) groups excluding carboxylic acids is 1. The standard InChI is InChI=1S/C20H15N5O10S2/c21-15-14(37(33,34)35)8-9-7-10(1-6-13(9)18(15)26)22-23-16-17(20(28)29)24-25(19(16)27)11-2-4-12(5-3-11)36(30,31)32/h1-8,16,26H,21H2,(H,28,29)(H,30,31,32)(H,33,34,35)/b23-22+. The van der Waals surface area contributed by atoms with Crippen molar-refractivity contribution in [2.45, 2.75) is 15.8 Å². The molecule has 0 radical (unpaired) electrons. The third-order valence-electron chi connectivity index (χ3n) is 5.17. The van der Waals surface area contributed by atoms with Gasteiger partial charge in [-0.25, -0.2) is 4.79 Å². The molecular weight excluding hydrogens is 534 g/mol. The van der Waals surface area contributed by atoms with Crippen LogP contribution in [0.4, 0.5) is 17.1 Å². The number of phenols is 1. The third-order valence-corrected chi connectivity index (χ3v) is 6.93. The van der Waals surface area contributed by atoms with Crippen LogP contribution in [0.5, 0.6) is 5.75 Å². The summed E-state index contributed by atoms with van der Waals surface area (Å²) in [5.74, 6) is -3.11. The first-order chi connectivity index (χ1) is 17.2. The van der Waals surface area contributed by atoms with E-state index >= 15 is 0 Å². The number of amides is 1. The molecule has 1 unspecified atom stereocenters. The number of nitrogens with zero attached hydrogens (tertiary/aromatic N) is 4. The van der Waals surface area contributed by atoms with Crippen LogP contribution in [0.25, 0.3) is 10.8 Å². The molecule has 0 spiro atoms. The highest BCUT2D eigenvalue weighted by Gasteiger charge is 2.41. The molecule has 37 heavy (non-hydrogen) atoms. The van der Waals surface area contributed by atoms with Crippen molar-refractivity contribution in [2.75, 3.05) is 10.7 Å². The van der Waals surface area contributed by atoms with Gasteiger partial charge < -0.3 is 15.9 Å². The van der Waals surface area contributed by atoms with Crippen LogP contribution < -0.4 is 10.7 Å². The van der Waals surface area contributed by atoms with E-state index in [9.17, 15) is 41.2 Å². The predicted molar refractivity (Wildman–Crippen MR) is 127 cm³/mol. The van der Waals surface area contributed by atoms with Crippen molar-refractivity contribution in [3.8, 4) is 5.75 Å². The number of hydrogen-bond donors (Lipinski definition) is 5. The molecule has 1 aliphatic rings. The molecule has 17 heteroatoms. The lowest BCUT2D eigenvalue weighted by Crippen LogP contribution is -2.33. The van der Waals surface area contributed by atoms with Crippen LogP contribution in [0.15, 0.2) is 73.7 Å². The topological polar surface area (TPSA) is 250 Å². The van der Waals surface area contributed by atoms with Crippen LogP contribution >= 0.6 is 0 Å². The minimum Gasteiger partial charge on any atom is -0.505 e. The number of azo groups is 1. The van der Waals surface area contributed by atoms with E-state index < -0.39 is 65.1 Å². The fourth-order valence-corrected chi connectivity index (χ4v) is 4.55. The number of phenolic OH excluding ortho intramolecular Hbond substituents is 1. The molecule has 1 aliphatic heterocycles. The van der Waals surface area contributed by atoms with E-state index in [-0.39, 0.29) is 22.1 Å². The predicted octanol–water partition coefficient (Wildman–Crippen LogP) is 1.56. The van der Waals surface area contributed by atoms with E-state index in [1.165, 1.54) is 18.2 Å². The highest BCUT2D eigenvalue weighted by Crippen LogP contribution is 2.38. The molecular formula is C20H15N5O10S2. The summed E-state index contributed by atoms with van der Waals surface area (Å²) >= 11 is 0. The number of carbonyl (C=O) groups is 2. The molecule has 15 nitrogen and oxygen atoms in total. The first-order valence-electron chi connectivity index (χ1n) is 9.85. The number of fused-ring (bicyclic) bond motifs is 1. The molecule has 0 aromatic heterocycles. The molecule has 0 saturated carbocycles. The summed E-state index contributed by atoms with van der Waals surface area (Å²) in [4.78, 5) is 23.3. The second-order valence-electron chi connectivity index (χ2n) is 7.54. The summed E-state index contributed by atoms with van der Waals surface area (Å²) < 4.78 is 63.9. The van der Waals surface area contributed by atoms with E-state index in [4.69, 9.17) is 10.3 Å². The Hall–Kier alpha value is -4.45. The lowest BCUT2D eigenvalue weighted by Gasteiger charge is -2.12. The maximum Gasteiger partial charge on any atom is 0.355 e. The molecule has 0 aliphatic carbocycles. The molecule has 3 aromatic rings. The number of nitrogen functional groups attached to an aromatic ring is 1. The average molecular weight is 549 g/mol. The summed E-state index contributed by atoms with van der Waals surface area (Å²) in [5.41, 5.74) is 4.34. The zero-order valence-corrected chi connectivity index (χ0v) is 19.8. The molecule has 3 aromatic carbocycles. The van der Waals surface area contributed by atoms with Crippen LogP contribution in [0.2, 0.25) is 0 Å². The van der Waals surface area contributed by atoms with Gasteiger partial charge in [0.25, 0.3) is 26.1 Å². The maximum absolute atomic E-state index is 12.9. The fourth-order valence-electron chi connectivity index (χ4n) is 3.42. The van der Waals surface area contributed by atoms with Crippen LogP contribution in [-0.2, 0) is 29.8 Å². The van der Waals surface area contributed by atoms with Gasteiger partial charge in [0.15, 0.2) is 5.71 Å². The first-order valence-corrected chi connectivity index (χ1v) is 12.7. The highest BCUT2D eigenvalue weighted by atomic mass is 32.2. The van der Waals surface area contributed by atoms with Gasteiger partial charge in [-0.05, 0) is 53.9 Å². The summed E-state index contributed by atoms with van der Waals surface area (Å²) in [7, 11) is -9.27. The summed E-state index contributed by atoms with van der Waals surface area (Å²) in [6.07, 6.45) is 0. The molecule has 4 rings (SSSR count). The van der Waals surface area contributed by atoms with Crippen molar-refractivity contribution in [2.24, 2.45) is 15.3 Å². The summed E-state index contributed by atoms with van der Waals surface area (Å²) in [6.45, 7) is 0. The number of aliphatic carboxylic acids is 1.